The molecule has 0 amide bonds. The number of fused-ring (bicyclic) bond motifs is 1. The molecule has 156 valence electrons. The summed E-state index contributed by atoms with van der Waals surface area (Å²) in [5.74, 6) is 0. The van der Waals surface area contributed by atoms with Crippen molar-refractivity contribution in [3.05, 3.63) is 69.0 Å². The summed E-state index contributed by atoms with van der Waals surface area (Å²) >= 11 is 12.2. The van der Waals surface area contributed by atoms with Gasteiger partial charge in [-0.25, -0.2) is 8.42 Å². The van der Waals surface area contributed by atoms with Crippen LogP contribution in [0.3, 0.4) is 0 Å². The van der Waals surface area contributed by atoms with Gasteiger partial charge in [0.15, 0.2) is 0 Å². The predicted molar refractivity (Wildman–Crippen MR) is 116 cm³/mol. The van der Waals surface area contributed by atoms with E-state index >= 15 is 0 Å². The van der Waals surface area contributed by atoms with Crippen molar-refractivity contribution in [1.29, 1.82) is 0 Å². The number of benzene rings is 2. The number of sulfonamides is 1. The van der Waals surface area contributed by atoms with E-state index in [0.29, 0.717) is 23.9 Å². The molecule has 0 atom stereocenters. The lowest BCUT2D eigenvalue weighted by atomic mass is 10.1. The number of halogens is 2. The smallest absolute Gasteiger partial charge is 0.278 e. The van der Waals surface area contributed by atoms with Crippen LogP contribution in [-0.4, -0.2) is 48.8 Å². The van der Waals surface area contributed by atoms with E-state index in [1.807, 2.05) is 4.90 Å². The Morgan fingerprint density at radius 3 is 2.27 bits per heavy atom. The zero-order valence-corrected chi connectivity index (χ0v) is 17.9. The standard InChI is InChI=1S/C19H16Cl2N4O4S/c20-15-2-1-3-16(21)19(15)30(28,29)24-10-8-23(9-11-24)17-4-5-18(25(26)27)14-12-22-7-6-13(14)17/h1-7,12H,8-11H2. The molecule has 1 fully saturated rings. The molecule has 0 bridgehead atoms. The molecule has 4 rings (SSSR count). The normalized spacial score (nSPS) is 15.5. The molecule has 3 aromatic rings. The quantitative estimate of drug-likeness (QED) is 0.426. The monoisotopic (exact) mass is 466 g/mol. The molecule has 8 nitrogen and oxygen atoms in total. The Labute approximate surface area is 182 Å². The van der Waals surface area contributed by atoms with Crippen molar-refractivity contribution in [3.63, 3.8) is 0 Å². The molecular formula is C19H16Cl2N4O4S. The van der Waals surface area contributed by atoms with Crippen LogP contribution in [0, 0.1) is 10.1 Å². The molecule has 2 heterocycles. The van der Waals surface area contributed by atoms with E-state index < -0.39 is 14.9 Å². The minimum atomic E-state index is -3.85. The van der Waals surface area contributed by atoms with Crippen LogP contribution in [-0.2, 0) is 10.0 Å². The number of rotatable bonds is 4. The van der Waals surface area contributed by atoms with Gasteiger partial charge in [0.25, 0.3) is 5.69 Å². The van der Waals surface area contributed by atoms with Crippen molar-refractivity contribution in [2.24, 2.45) is 0 Å². The molecule has 30 heavy (non-hydrogen) atoms. The number of nitro groups is 1. The van der Waals surface area contributed by atoms with Crippen molar-refractivity contribution in [1.82, 2.24) is 9.29 Å². The second-order valence-electron chi connectivity index (χ2n) is 6.72. The SMILES string of the molecule is O=[N+]([O-])c1ccc(N2CCN(S(=O)(=O)c3c(Cl)cccc3Cl)CC2)c2ccncc12. The molecule has 0 aliphatic carbocycles. The van der Waals surface area contributed by atoms with Gasteiger partial charge in [-0.15, -0.1) is 0 Å². The van der Waals surface area contributed by atoms with Crippen molar-refractivity contribution in [2.75, 3.05) is 31.1 Å². The van der Waals surface area contributed by atoms with Crippen LogP contribution in [0.5, 0.6) is 0 Å². The number of piperazine rings is 1. The molecule has 1 aliphatic heterocycles. The Kier molecular flexibility index (Phi) is 5.54. The summed E-state index contributed by atoms with van der Waals surface area (Å²) in [4.78, 5) is 16.8. The van der Waals surface area contributed by atoms with Gasteiger partial charge >= 0.3 is 0 Å². The summed E-state index contributed by atoms with van der Waals surface area (Å²) in [6.45, 7) is 1.29. The van der Waals surface area contributed by atoms with Gasteiger partial charge in [-0.1, -0.05) is 29.3 Å². The molecular weight excluding hydrogens is 451 g/mol. The summed E-state index contributed by atoms with van der Waals surface area (Å²) in [7, 11) is -3.85. The first-order valence-corrected chi connectivity index (χ1v) is 11.2. The topological polar surface area (TPSA) is 96.6 Å². The highest BCUT2D eigenvalue weighted by Gasteiger charge is 2.32. The third-order valence-electron chi connectivity index (χ3n) is 5.06. The molecule has 0 radical (unpaired) electrons. The predicted octanol–water partition coefficient (Wildman–Crippen LogP) is 3.96. The first-order valence-electron chi connectivity index (χ1n) is 9.01. The molecule has 2 aromatic carbocycles. The molecule has 1 aromatic heterocycles. The van der Waals surface area contributed by atoms with Crippen LogP contribution >= 0.6 is 23.2 Å². The number of non-ortho nitro benzene ring substituents is 1. The van der Waals surface area contributed by atoms with Gasteiger partial charge in [0.2, 0.25) is 10.0 Å². The Morgan fingerprint density at radius 1 is 0.967 bits per heavy atom. The van der Waals surface area contributed by atoms with Gasteiger partial charge < -0.3 is 4.90 Å². The lowest BCUT2D eigenvalue weighted by molar-refractivity contribution is -0.383. The van der Waals surface area contributed by atoms with E-state index in [9.17, 15) is 18.5 Å². The Hall–Kier alpha value is -2.46. The minimum Gasteiger partial charge on any atom is -0.368 e. The van der Waals surface area contributed by atoms with Crippen molar-refractivity contribution < 1.29 is 13.3 Å². The van der Waals surface area contributed by atoms with Crippen LogP contribution in [0.15, 0.2) is 53.7 Å². The third kappa shape index (κ3) is 3.58. The maximum absolute atomic E-state index is 13.1. The van der Waals surface area contributed by atoms with Crippen LogP contribution in [0.4, 0.5) is 11.4 Å². The second kappa shape index (κ2) is 7.99. The Balaban J connectivity index is 1.62. The number of hydrogen-bond donors (Lipinski definition) is 0. The van der Waals surface area contributed by atoms with Gasteiger partial charge in [0, 0.05) is 55.7 Å². The lowest BCUT2D eigenvalue weighted by Crippen LogP contribution is -2.48. The third-order valence-corrected chi connectivity index (χ3v) is 7.92. The maximum atomic E-state index is 13.1. The van der Waals surface area contributed by atoms with Crippen LogP contribution in [0.2, 0.25) is 10.0 Å². The summed E-state index contributed by atoms with van der Waals surface area (Å²) < 4.78 is 27.5. The number of pyridine rings is 1. The fraction of sp³-hybridized carbons (Fsp3) is 0.211. The fourth-order valence-electron chi connectivity index (χ4n) is 3.62. The summed E-state index contributed by atoms with van der Waals surface area (Å²) in [6.07, 6.45) is 3.05. The average Bonchev–Trinajstić information content (AvgIpc) is 2.72. The van der Waals surface area contributed by atoms with Gasteiger partial charge in [-0.2, -0.15) is 4.31 Å². The number of nitro benzene ring substituents is 1. The number of hydrogen-bond acceptors (Lipinski definition) is 6. The summed E-state index contributed by atoms with van der Waals surface area (Å²) in [5, 5.41) is 12.6. The van der Waals surface area contributed by atoms with Crippen LogP contribution in [0.1, 0.15) is 0 Å². The van der Waals surface area contributed by atoms with Gasteiger partial charge in [0.05, 0.1) is 20.4 Å². The number of aromatic nitrogens is 1. The number of anilines is 1. The highest BCUT2D eigenvalue weighted by molar-refractivity contribution is 7.89. The van der Waals surface area contributed by atoms with E-state index in [2.05, 4.69) is 4.98 Å². The summed E-state index contributed by atoms with van der Waals surface area (Å²) in [6, 6.07) is 9.45. The van der Waals surface area contributed by atoms with E-state index in [0.717, 1.165) is 5.69 Å². The first kappa shape index (κ1) is 20.8. The van der Waals surface area contributed by atoms with Crippen LogP contribution in [0.25, 0.3) is 10.8 Å². The van der Waals surface area contributed by atoms with Gasteiger partial charge in [-0.3, -0.25) is 15.1 Å². The van der Waals surface area contributed by atoms with E-state index in [-0.39, 0.29) is 33.7 Å². The molecule has 11 heteroatoms. The number of nitrogens with zero attached hydrogens (tertiary/aromatic N) is 4. The second-order valence-corrected chi connectivity index (χ2v) is 9.41. The molecule has 1 aliphatic rings. The molecule has 0 spiro atoms. The van der Waals surface area contributed by atoms with Crippen molar-refractivity contribution in [2.45, 2.75) is 4.90 Å². The maximum Gasteiger partial charge on any atom is 0.278 e. The van der Waals surface area contributed by atoms with E-state index in [1.54, 1.807) is 24.4 Å². The lowest BCUT2D eigenvalue weighted by Gasteiger charge is -2.36. The zero-order valence-electron chi connectivity index (χ0n) is 15.5. The largest absolute Gasteiger partial charge is 0.368 e. The molecule has 0 unspecified atom stereocenters. The highest BCUT2D eigenvalue weighted by atomic mass is 35.5. The van der Waals surface area contributed by atoms with Gasteiger partial charge in [0.1, 0.15) is 4.90 Å². The fourth-order valence-corrected chi connectivity index (χ4v) is 6.14. The van der Waals surface area contributed by atoms with Gasteiger partial charge in [-0.05, 0) is 24.3 Å². The molecule has 1 saturated heterocycles. The minimum absolute atomic E-state index is 0.0172. The first-order chi connectivity index (χ1) is 14.3. The molecule has 0 saturated carbocycles. The van der Waals surface area contributed by atoms with Crippen LogP contribution < -0.4 is 4.90 Å². The van der Waals surface area contributed by atoms with Crippen molar-refractivity contribution >= 4 is 55.4 Å². The Bertz CT molecular complexity index is 1220. The molecule has 0 N–H and O–H groups in total. The van der Waals surface area contributed by atoms with E-state index in [4.69, 9.17) is 23.2 Å². The van der Waals surface area contributed by atoms with Crippen molar-refractivity contribution in [3.8, 4) is 0 Å². The van der Waals surface area contributed by atoms with E-state index in [1.165, 1.54) is 28.7 Å². The Morgan fingerprint density at radius 2 is 1.63 bits per heavy atom. The average molecular weight is 467 g/mol. The highest BCUT2D eigenvalue weighted by Crippen LogP contribution is 2.35. The summed E-state index contributed by atoms with van der Waals surface area (Å²) in [5.41, 5.74) is 0.780. The zero-order chi connectivity index (χ0) is 21.5.